The van der Waals surface area contributed by atoms with E-state index in [0.29, 0.717) is 6.42 Å². The molecular formula is C21H29N3O5S. The fraction of sp³-hybridized carbons (Fsp3) is 0.571. The zero-order chi connectivity index (χ0) is 21.4. The van der Waals surface area contributed by atoms with Crippen LogP contribution < -0.4 is 5.48 Å². The Kier molecular flexibility index (Phi) is 7.98. The maximum atomic E-state index is 12.5. The average molecular weight is 436 g/mol. The number of nitrogens with zero attached hydrogens (tertiary/aromatic N) is 2. The number of hydrogen-bond donors (Lipinski definition) is 2. The van der Waals surface area contributed by atoms with Crippen LogP contribution in [0.2, 0.25) is 0 Å². The summed E-state index contributed by atoms with van der Waals surface area (Å²) in [6.45, 7) is 0. The van der Waals surface area contributed by atoms with Crippen LogP contribution in [0.15, 0.2) is 39.8 Å². The third-order valence-electron chi connectivity index (χ3n) is 5.70. The summed E-state index contributed by atoms with van der Waals surface area (Å²) < 4.78 is 30.4. The molecule has 9 heteroatoms. The van der Waals surface area contributed by atoms with Crippen LogP contribution in [-0.4, -0.2) is 29.7 Å². The van der Waals surface area contributed by atoms with Crippen molar-refractivity contribution in [2.24, 2.45) is 5.92 Å². The van der Waals surface area contributed by atoms with Gasteiger partial charge in [0, 0.05) is 12.3 Å². The van der Waals surface area contributed by atoms with Gasteiger partial charge in [0.05, 0.1) is 4.90 Å². The largest absolute Gasteiger partial charge is 0.339 e. The minimum atomic E-state index is -3.59. The minimum Gasteiger partial charge on any atom is -0.339 e. The fourth-order valence-electron chi connectivity index (χ4n) is 4.08. The van der Waals surface area contributed by atoms with Crippen LogP contribution in [0.3, 0.4) is 0 Å². The molecule has 1 fully saturated rings. The van der Waals surface area contributed by atoms with Crippen LogP contribution in [0.1, 0.15) is 75.4 Å². The molecule has 0 aliphatic heterocycles. The van der Waals surface area contributed by atoms with Gasteiger partial charge in [-0.15, -0.1) is 0 Å². The van der Waals surface area contributed by atoms with E-state index >= 15 is 0 Å². The fourth-order valence-corrected chi connectivity index (χ4v) is 5.28. The van der Waals surface area contributed by atoms with Crippen LogP contribution in [0.5, 0.6) is 0 Å². The predicted octanol–water partition coefficient (Wildman–Crippen LogP) is 3.77. The Morgan fingerprint density at radius 1 is 1.20 bits per heavy atom. The number of nitrogens with one attached hydrogen (secondary N) is 1. The average Bonchev–Trinajstić information content (AvgIpc) is 3.22. The van der Waals surface area contributed by atoms with Gasteiger partial charge in [-0.2, -0.15) is 4.98 Å². The minimum absolute atomic E-state index is 0.00817. The van der Waals surface area contributed by atoms with E-state index < -0.39 is 15.7 Å². The van der Waals surface area contributed by atoms with Gasteiger partial charge in [-0.3, -0.25) is 10.0 Å². The molecule has 1 heterocycles. The molecule has 1 aliphatic rings. The molecule has 0 bridgehead atoms. The first-order valence-corrected chi connectivity index (χ1v) is 12.2. The Morgan fingerprint density at radius 2 is 1.93 bits per heavy atom. The third kappa shape index (κ3) is 6.37. The highest BCUT2D eigenvalue weighted by Gasteiger charge is 2.25. The Labute approximate surface area is 176 Å². The Morgan fingerprint density at radius 3 is 2.63 bits per heavy atom. The van der Waals surface area contributed by atoms with Crippen molar-refractivity contribution in [1.82, 2.24) is 15.6 Å². The standard InChI is InChI=1S/C21H29N3O5S/c25-20(23-26)14-17(11-7-10-16-8-3-1-4-9-16)21-22-19(24-29-21)15-30(27,28)18-12-5-2-6-13-18/h2,5-6,12-13,16-17,26H,1,3-4,7-11,14-15H2,(H,23,25)/t17-/m1/s1. The number of benzene rings is 1. The molecule has 1 aliphatic carbocycles. The van der Waals surface area contributed by atoms with Crippen molar-refractivity contribution in [3.63, 3.8) is 0 Å². The van der Waals surface area contributed by atoms with Gasteiger partial charge < -0.3 is 4.52 Å². The van der Waals surface area contributed by atoms with E-state index in [1.54, 1.807) is 23.7 Å². The molecule has 1 aromatic carbocycles. The van der Waals surface area contributed by atoms with Gasteiger partial charge in [0.1, 0.15) is 5.75 Å². The monoisotopic (exact) mass is 435 g/mol. The van der Waals surface area contributed by atoms with Crippen molar-refractivity contribution >= 4 is 15.7 Å². The molecule has 0 unspecified atom stereocenters. The number of aromatic nitrogens is 2. The number of amides is 1. The van der Waals surface area contributed by atoms with Crippen molar-refractivity contribution in [1.29, 1.82) is 0 Å². The van der Waals surface area contributed by atoms with Crippen LogP contribution in [0, 0.1) is 5.92 Å². The van der Waals surface area contributed by atoms with Crippen molar-refractivity contribution in [2.45, 2.75) is 74.4 Å². The predicted molar refractivity (Wildman–Crippen MR) is 109 cm³/mol. The summed E-state index contributed by atoms with van der Waals surface area (Å²) in [6, 6.07) is 8.11. The number of carbonyl (C=O) groups is 1. The lowest BCUT2D eigenvalue weighted by Gasteiger charge is -2.22. The molecule has 3 rings (SSSR count). The number of sulfone groups is 1. The quantitative estimate of drug-likeness (QED) is 0.430. The van der Waals surface area contributed by atoms with Crippen molar-refractivity contribution in [3.8, 4) is 0 Å². The zero-order valence-electron chi connectivity index (χ0n) is 17.0. The molecule has 1 saturated carbocycles. The molecule has 164 valence electrons. The molecular weight excluding hydrogens is 406 g/mol. The van der Waals surface area contributed by atoms with E-state index in [1.807, 2.05) is 0 Å². The first-order valence-electron chi connectivity index (χ1n) is 10.5. The normalized spacial score (nSPS) is 16.3. The second-order valence-electron chi connectivity index (χ2n) is 7.99. The lowest BCUT2D eigenvalue weighted by molar-refractivity contribution is -0.129. The summed E-state index contributed by atoms with van der Waals surface area (Å²) in [4.78, 5) is 16.2. The molecule has 1 aromatic heterocycles. The highest BCUT2D eigenvalue weighted by Crippen LogP contribution is 2.31. The van der Waals surface area contributed by atoms with Crippen LogP contribution in [0.25, 0.3) is 0 Å². The SMILES string of the molecule is O=C(C[C@@H](CCCC1CCCCC1)c1nc(CS(=O)(=O)c2ccccc2)no1)NO. The smallest absolute Gasteiger partial charge is 0.244 e. The van der Waals surface area contributed by atoms with Crippen LogP contribution in [0.4, 0.5) is 0 Å². The van der Waals surface area contributed by atoms with Crippen LogP contribution in [-0.2, 0) is 20.4 Å². The first kappa shape index (κ1) is 22.4. The number of rotatable bonds is 10. The van der Waals surface area contributed by atoms with E-state index in [2.05, 4.69) is 10.1 Å². The van der Waals surface area contributed by atoms with E-state index in [9.17, 15) is 13.2 Å². The summed E-state index contributed by atoms with van der Waals surface area (Å²) in [5.41, 5.74) is 1.65. The molecule has 8 nitrogen and oxygen atoms in total. The summed E-state index contributed by atoms with van der Waals surface area (Å²) in [5, 5.41) is 12.7. The molecule has 1 amide bonds. The number of hydrogen-bond acceptors (Lipinski definition) is 7. The van der Waals surface area contributed by atoms with E-state index in [0.717, 1.165) is 18.8 Å². The van der Waals surface area contributed by atoms with Gasteiger partial charge in [-0.1, -0.05) is 68.3 Å². The van der Waals surface area contributed by atoms with Gasteiger partial charge in [-0.25, -0.2) is 13.9 Å². The molecule has 0 spiro atoms. The molecule has 2 N–H and O–H groups in total. The number of hydroxylamine groups is 1. The van der Waals surface area contributed by atoms with Crippen molar-refractivity contribution in [2.75, 3.05) is 0 Å². The highest BCUT2D eigenvalue weighted by atomic mass is 32.2. The molecule has 0 radical (unpaired) electrons. The third-order valence-corrected chi connectivity index (χ3v) is 7.33. The Hall–Kier alpha value is -2.26. The summed E-state index contributed by atoms with van der Waals surface area (Å²) in [6.07, 6.45) is 9.05. The Bertz CT molecular complexity index is 908. The van der Waals surface area contributed by atoms with Crippen LogP contribution >= 0.6 is 0 Å². The zero-order valence-corrected chi connectivity index (χ0v) is 17.8. The topological polar surface area (TPSA) is 122 Å². The second kappa shape index (κ2) is 10.7. The van der Waals surface area contributed by atoms with E-state index in [-0.39, 0.29) is 34.7 Å². The summed E-state index contributed by atoms with van der Waals surface area (Å²) >= 11 is 0. The maximum absolute atomic E-state index is 12.5. The van der Waals surface area contributed by atoms with Crippen molar-refractivity contribution < 1.29 is 22.9 Å². The van der Waals surface area contributed by atoms with E-state index in [4.69, 9.17) is 9.73 Å². The number of carbonyl (C=O) groups excluding carboxylic acids is 1. The van der Waals surface area contributed by atoms with Gasteiger partial charge in [-0.05, 0) is 24.5 Å². The molecule has 2 aromatic rings. The lowest BCUT2D eigenvalue weighted by Crippen LogP contribution is -2.21. The lowest BCUT2D eigenvalue weighted by atomic mass is 9.84. The van der Waals surface area contributed by atoms with E-state index in [1.165, 1.54) is 44.2 Å². The maximum Gasteiger partial charge on any atom is 0.244 e. The summed E-state index contributed by atoms with van der Waals surface area (Å²) in [5.74, 6) is -0.242. The van der Waals surface area contributed by atoms with Gasteiger partial charge in [0.15, 0.2) is 15.7 Å². The van der Waals surface area contributed by atoms with Crippen molar-refractivity contribution in [3.05, 3.63) is 42.0 Å². The van der Waals surface area contributed by atoms with Gasteiger partial charge >= 0.3 is 0 Å². The second-order valence-corrected chi connectivity index (χ2v) is 9.98. The first-order chi connectivity index (χ1) is 14.5. The molecule has 1 atom stereocenters. The molecule has 0 saturated heterocycles. The molecule has 30 heavy (non-hydrogen) atoms. The highest BCUT2D eigenvalue weighted by molar-refractivity contribution is 7.90. The Balaban J connectivity index is 1.64. The van der Waals surface area contributed by atoms with Gasteiger partial charge in [0.2, 0.25) is 11.8 Å². The summed E-state index contributed by atoms with van der Waals surface area (Å²) in [7, 11) is -3.59. The van der Waals surface area contributed by atoms with Gasteiger partial charge in [0.25, 0.3) is 0 Å².